The second-order valence-electron chi connectivity index (χ2n) is 1.34. The third-order valence-electron chi connectivity index (χ3n) is 0.498. The molecule has 0 bridgehead atoms. The van der Waals surface area contributed by atoms with Gasteiger partial charge >= 0.3 is 57.5 Å². The van der Waals surface area contributed by atoms with Crippen LogP contribution in [0.15, 0.2) is 0 Å². The topological polar surface area (TPSA) is 74.6 Å². The maximum atomic E-state index is 9.81. The third kappa shape index (κ3) is 74.2. The van der Waals surface area contributed by atoms with E-state index < -0.39 is 6.16 Å². The summed E-state index contributed by atoms with van der Waals surface area (Å²) < 4.78 is 0. The van der Waals surface area contributed by atoms with Gasteiger partial charge in [-0.2, -0.15) is 0 Å². The Morgan fingerprint density at radius 1 is 1.40 bits per heavy atom. The van der Waals surface area contributed by atoms with E-state index in [4.69, 9.17) is 15.0 Å². The molecule has 0 spiro atoms. The quantitative estimate of drug-likeness (QED) is 0.466. The van der Waals surface area contributed by atoms with Crippen molar-refractivity contribution in [1.82, 2.24) is 0 Å². The fraction of sp³-hybridized carbons (Fsp3) is 0.600. The van der Waals surface area contributed by atoms with E-state index in [0.717, 1.165) is 0 Å². The molecule has 0 amide bonds. The van der Waals surface area contributed by atoms with Crippen molar-refractivity contribution in [2.45, 2.75) is 20.3 Å². The van der Waals surface area contributed by atoms with Crippen LogP contribution in [0, 0.1) is 0 Å². The molecule has 5 heteroatoms. The Labute approximate surface area is 104 Å². The van der Waals surface area contributed by atoms with Gasteiger partial charge in [-0.05, 0) is 6.92 Å². The average molecular weight is 174 g/mol. The minimum absolute atomic E-state index is 0. The molecule has 56 valence electrons. The molecule has 0 rings (SSSR count). The molecule has 0 atom stereocenters. The molecule has 0 radical (unpaired) electrons. The summed E-state index contributed by atoms with van der Waals surface area (Å²) in [7, 11) is 0. The summed E-state index contributed by atoms with van der Waals surface area (Å²) in [6.45, 7) is 3.43. The zero-order chi connectivity index (χ0) is 7.86. The molecule has 0 aromatic carbocycles. The van der Waals surface area contributed by atoms with Gasteiger partial charge in [0.1, 0.15) is 5.78 Å². The Bertz CT molecular complexity index is 103. The first kappa shape index (κ1) is 16.9. The van der Waals surface area contributed by atoms with Crippen LogP contribution in [-0.2, 0) is 4.79 Å². The molecule has 0 aliphatic carbocycles. The molecule has 0 aliphatic heterocycles. The molecule has 0 aromatic heterocycles. The van der Waals surface area contributed by atoms with Crippen molar-refractivity contribution in [3.63, 3.8) is 0 Å². The Hall–Kier alpha value is 0.576. The molecule has 4 nitrogen and oxygen atoms in total. The van der Waals surface area contributed by atoms with Crippen molar-refractivity contribution < 1.29 is 72.6 Å². The number of carboxylic acid groups (broad SMARTS) is 2. The summed E-state index contributed by atoms with van der Waals surface area (Å²) in [5.74, 6) is 0.255. The van der Waals surface area contributed by atoms with Crippen molar-refractivity contribution in [1.29, 1.82) is 0 Å². The van der Waals surface area contributed by atoms with Gasteiger partial charge < -0.3 is 16.4 Å². The second-order valence-corrected chi connectivity index (χ2v) is 1.34. The number of hydrogen-bond acceptors (Lipinski definition) is 2. The Balaban J connectivity index is -0.0000000383. The van der Waals surface area contributed by atoms with Crippen LogP contribution in [-0.4, -0.2) is 22.2 Å². The van der Waals surface area contributed by atoms with E-state index in [9.17, 15) is 4.79 Å². The summed E-state index contributed by atoms with van der Waals surface area (Å²) in [6.07, 6.45) is -1.17. The van der Waals surface area contributed by atoms with Gasteiger partial charge in [-0.25, -0.2) is 4.79 Å². The molecule has 0 aliphatic rings. The monoisotopic (exact) mass is 174 g/mol. The fourth-order valence-electron chi connectivity index (χ4n) is 0. The van der Waals surface area contributed by atoms with Gasteiger partial charge in [0.05, 0.1) is 0 Å². The summed E-state index contributed by atoms with van der Waals surface area (Å²) in [5.41, 5.74) is 0. The van der Waals surface area contributed by atoms with Gasteiger partial charge in [0.2, 0.25) is 0 Å². The summed E-state index contributed by atoms with van der Waals surface area (Å²) in [5, 5.41) is 13.9. The Morgan fingerprint density at radius 3 is 1.50 bits per heavy atom. The third-order valence-corrected chi connectivity index (χ3v) is 0.498. The maximum absolute atomic E-state index is 9.81. The minimum atomic E-state index is -1.83. The number of Topliss-reactive ketones (excluding diaryl/α,β-unsaturated/α-hetero) is 1. The summed E-state index contributed by atoms with van der Waals surface area (Å²) in [4.78, 5) is 18.4. The van der Waals surface area contributed by atoms with Crippen molar-refractivity contribution in [3.8, 4) is 0 Å². The number of carbonyl (C=O) groups excluding carboxylic acids is 1. The summed E-state index contributed by atoms with van der Waals surface area (Å²) in [6, 6.07) is 0. The van der Waals surface area contributed by atoms with Gasteiger partial charge in [0.15, 0.2) is 0 Å². The minimum Gasteiger partial charge on any atom is -1.00 e. The van der Waals surface area contributed by atoms with Crippen LogP contribution in [0.25, 0.3) is 0 Å². The normalized spacial score (nSPS) is 6.20. The predicted molar refractivity (Wildman–Crippen MR) is 32.7 cm³/mol. The van der Waals surface area contributed by atoms with Gasteiger partial charge in [0, 0.05) is 6.42 Å². The van der Waals surface area contributed by atoms with Crippen LogP contribution in [0.1, 0.15) is 21.7 Å². The molecule has 0 heterocycles. The average Bonchev–Trinajstić information content (AvgIpc) is 1.65. The van der Waals surface area contributed by atoms with Crippen LogP contribution in [0.5, 0.6) is 0 Å². The predicted octanol–water partition coefficient (Wildman–Crippen LogP) is -1.68. The van der Waals surface area contributed by atoms with Gasteiger partial charge in [0.25, 0.3) is 0 Å². The van der Waals surface area contributed by atoms with Crippen molar-refractivity contribution in [3.05, 3.63) is 0 Å². The van der Waals surface area contributed by atoms with Gasteiger partial charge in [-0.1, -0.05) is 6.92 Å². The fourth-order valence-corrected chi connectivity index (χ4v) is 0. The standard InChI is InChI=1S/C4H8O.CH2O3.K.H/c1-3-4(2)5;2-1(3)4;;/h3H2,1-2H3;(H2,2,3,4);;/q;;+1;-1. The SMILES string of the molecule is CCC(C)=O.O=C(O)O.[H-].[K+]. The van der Waals surface area contributed by atoms with Crippen molar-refractivity contribution in [2.24, 2.45) is 0 Å². The number of rotatable bonds is 1. The first-order valence-electron chi connectivity index (χ1n) is 2.42. The van der Waals surface area contributed by atoms with E-state index in [0.29, 0.717) is 6.42 Å². The smallest absolute Gasteiger partial charge is 1.00 e. The molecular weight excluding hydrogens is 163 g/mol. The molecule has 0 fully saturated rings. The van der Waals surface area contributed by atoms with E-state index in [1.165, 1.54) is 0 Å². The Kier molecular flexibility index (Phi) is 20.7. The number of hydrogen-bond donors (Lipinski definition) is 2. The van der Waals surface area contributed by atoms with E-state index in [1.807, 2.05) is 6.92 Å². The van der Waals surface area contributed by atoms with Crippen LogP contribution in [0.2, 0.25) is 0 Å². The molecule has 0 unspecified atom stereocenters. The molecule has 0 aromatic rings. The number of carbonyl (C=O) groups is 2. The van der Waals surface area contributed by atoms with Crippen LogP contribution >= 0.6 is 0 Å². The Morgan fingerprint density at radius 2 is 1.50 bits per heavy atom. The molecule has 0 saturated carbocycles. The molecule has 0 saturated heterocycles. The van der Waals surface area contributed by atoms with E-state index >= 15 is 0 Å². The first-order valence-corrected chi connectivity index (χ1v) is 2.42. The van der Waals surface area contributed by atoms with E-state index in [-0.39, 0.29) is 58.6 Å². The largest absolute Gasteiger partial charge is 1.00 e. The van der Waals surface area contributed by atoms with E-state index in [2.05, 4.69) is 0 Å². The molecule has 10 heavy (non-hydrogen) atoms. The van der Waals surface area contributed by atoms with Crippen LogP contribution in [0.3, 0.4) is 0 Å². The van der Waals surface area contributed by atoms with Gasteiger partial charge in [-0.15, -0.1) is 0 Å². The van der Waals surface area contributed by atoms with Crippen LogP contribution in [0.4, 0.5) is 4.79 Å². The zero-order valence-corrected chi connectivity index (χ0v) is 9.54. The number of ketones is 1. The second kappa shape index (κ2) is 12.3. The zero-order valence-electron chi connectivity index (χ0n) is 7.42. The summed E-state index contributed by atoms with van der Waals surface area (Å²) >= 11 is 0. The first-order chi connectivity index (χ1) is 4.00. The van der Waals surface area contributed by atoms with Gasteiger partial charge in [-0.3, -0.25) is 0 Å². The van der Waals surface area contributed by atoms with Crippen molar-refractivity contribution in [2.75, 3.05) is 0 Å². The van der Waals surface area contributed by atoms with Crippen LogP contribution < -0.4 is 51.4 Å². The van der Waals surface area contributed by atoms with E-state index in [1.54, 1.807) is 6.92 Å². The van der Waals surface area contributed by atoms with Crippen molar-refractivity contribution >= 4 is 11.9 Å². The molecular formula is C5H11KO4. The maximum Gasteiger partial charge on any atom is 1.00 e. The molecule has 2 N–H and O–H groups in total.